The van der Waals surface area contributed by atoms with Gasteiger partial charge in [0.2, 0.25) is 6.29 Å². The van der Waals surface area contributed by atoms with Crippen LogP contribution in [0.2, 0.25) is 0 Å². The summed E-state index contributed by atoms with van der Waals surface area (Å²) < 4.78 is 17.2. The maximum Gasteiger partial charge on any atom is 0.332 e. The lowest BCUT2D eigenvalue weighted by atomic mass is 9.51. The number of rotatable bonds is 14. The van der Waals surface area contributed by atoms with Gasteiger partial charge in [0.15, 0.2) is 0 Å². The van der Waals surface area contributed by atoms with Crippen LogP contribution in [0.1, 0.15) is 134 Å². The van der Waals surface area contributed by atoms with Gasteiger partial charge < -0.3 is 14.2 Å². The molecule has 4 fully saturated rings. The van der Waals surface area contributed by atoms with Crippen LogP contribution < -0.4 is 0 Å². The lowest BCUT2D eigenvalue weighted by Crippen LogP contribution is -2.44. The summed E-state index contributed by atoms with van der Waals surface area (Å²) in [7, 11) is 0. The molecule has 1 aromatic rings. The second kappa shape index (κ2) is 13.9. The topological polar surface area (TPSA) is 44.8 Å². The minimum absolute atomic E-state index is 0.107. The molecule has 2 bridgehead atoms. The molecule has 206 valence electrons. The van der Waals surface area contributed by atoms with Gasteiger partial charge in [-0.15, -0.1) is 0 Å². The average Bonchev–Trinajstić information content (AvgIpc) is 2.94. The Morgan fingerprint density at radius 2 is 1.54 bits per heavy atom. The van der Waals surface area contributed by atoms with Gasteiger partial charge >= 0.3 is 5.97 Å². The van der Waals surface area contributed by atoms with E-state index in [9.17, 15) is 4.79 Å². The minimum Gasteiger partial charge on any atom is -0.430 e. The van der Waals surface area contributed by atoms with Crippen LogP contribution in [0, 0.1) is 5.41 Å². The number of hydrogen-bond acceptors (Lipinski definition) is 4. The van der Waals surface area contributed by atoms with Crippen molar-refractivity contribution in [1.82, 2.24) is 0 Å². The first-order valence-electron chi connectivity index (χ1n) is 15.3. The lowest BCUT2D eigenvalue weighted by Gasteiger charge is -2.54. The number of ether oxygens (including phenoxy) is 3. The molecule has 0 amide bonds. The van der Waals surface area contributed by atoms with E-state index in [0.29, 0.717) is 17.4 Å². The van der Waals surface area contributed by atoms with E-state index in [2.05, 4.69) is 38.1 Å². The van der Waals surface area contributed by atoms with Crippen LogP contribution in [0.3, 0.4) is 0 Å². The van der Waals surface area contributed by atoms with E-state index in [1.165, 1.54) is 102 Å². The number of carbonyl (C=O) groups excluding carboxylic acids is 1. The van der Waals surface area contributed by atoms with Gasteiger partial charge in [-0.05, 0) is 79.7 Å². The predicted octanol–water partition coefficient (Wildman–Crippen LogP) is 8.73. The fourth-order valence-electron chi connectivity index (χ4n) is 6.83. The Balaban J connectivity index is 1.20. The van der Waals surface area contributed by atoms with Crippen LogP contribution in [-0.2, 0) is 24.4 Å². The third-order valence-electron chi connectivity index (χ3n) is 9.45. The largest absolute Gasteiger partial charge is 0.430 e. The summed E-state index contributed by atoms with van der Waals surface area (Å²) in [5.41, 5.74) is 3.69. The molecular formula is C33H50O4. The predicted molar refractivity (Wildman–Crippen MR) is 149 cm³/mol. The first-order valence-corrected chi connectivity index (χ1v) is 15.3. The molecule has 3 saturated carbocycles. The van der Waals surface area contributed by atoms with Crippen LogP contribution in [-0.4, -0.2) is 25.5 Å². The second-order valence-corrected chi connectivity index (χ2v) is 12.0. The SMILES string of the molecule is CCCCCC=CC(=O)OC1COC(c2ccc(C34CCC(CCCCCCC)(CC3)CC4)cc2)CO1. The fourth-order valence-corrected chi connectivity index (χ4v) is 6.83. The maximum atomic E-state index is 12.0. The van der Waals surface area contributed by atoms with Crippen molar-refractivity contribution >= 4 is 5.97 Å². The third kappa shape index (κ3) is 7.69. The lowest BCUT2D eigenvalue weighted by molar-refractivity contribution is -0.230. The van der Waals surface area contributed by atoms with Gasteiger partial charge in [0.1, 0.15) is 12.7 Å². The summed E-state index contributed by atoms with van der Waals surface area (Å²) in [5, 5.41) is 0. The zero-order valence-electron chi connectivity index (χ0n) is 23.5. The number of fused-ring (bicyclic) bond motifs is 3. The molecule has 37 heavy (non-hydrogen) atoms. The molecular weight excluding hydrogens is 460 g/mol. The second-order valence-electron chi connectivity index (χ2n) is 12.0. The standard InChI is InChI=1S/C33H50O4/c1-3-5-7-9-11-13-30(34)37-31-26-35-29(25-36-31)27-14-16-28(17-15-27)33-22-19-32(20-23-33,21-24-33)18-12-10-8-6-4-2/h11,13-17,29,31H,3-10,12,18-26H2,1-2H3. The summed E-state index contributed by atoms with van der Waals surface area (Å²) in [6, 6.07) is 9.15. The Kier molecular flexibility index (Phi) is 10.7. The number of unbranched alkanes of at least 4 members (excludes halogenated alkanes) is 7. The normalized spacial score (nSPS) is 29.6. The molecule has 1 aromatic carbocycles. The van der Waals surface area contributed by atoms with E-state index in [1.807, 2.05) is 6.08 Å². The minimum atomic E-state index is -0.626. The highest BCUT2D eigenvalue weighted by Gasteiger charge is 2.48. The molecule has 3 aliphatic carbocycles. The Morgan fingerprint density at radius 1 is 0.865 bits per heavy atom. The van der Waals surface area contributed by atoms with E-state index < -0.39 is 6.29 Å². The molecule has 2 unspecified atom stereocenters. The number of esters is 1. The maximum absolute atomic E-state index is 12.0. The molecule has 0 N–H and O–H groups in total. The smallest absolute Gasteiger partial charge is 0.332 e. The molecule has 4 heteroatoms. The van der Waals surface area contributed by atoms with Gasteiger partial charge in [-0.25, -0.2) is 4.79 Å². The highest BCUT2D eigenvalue weighted by molar-refractivity contribution is 5.81. The summed E-state index contributed by atoms with van der Waals surface area (Å²) in [5.74, 6) is -0.354. The van der Waals surface area contributed by atoms with Crippen LogP contribution in [0.25, 0.3) is 0 Å². The fraction of sp³-hybridized carbons (Fsp3) is 0.727. The van der Waals surface area contributed by atoms with Crippen molar-refractivity contribution in [3.8, 4) is 0 Å². The number of hydrogen-bond donors (Lipinski definition) is 0. The van der Waals surface area contributed by atoms with Crippen molar-refractivity contribution in [2.24, 2.45) is 5.41 Å². The quantitative estimate of drug-likeness (QED) is 0.143. The number of benzene rings is 1. The highest BCUT2D eigenvalue weighted by Crippen LogP contribution is 2.59. The van der Waals surface area contributed by atoms with Crippen LogP contribution in [0.15, 0.2) is 36.4 Å². The van der Waals surface area contributed by atoms with Crippen molar-refractivity contribution < 1.29 is 19.0 Å². The molecule has 0 radical (unpaired) electrons. The molecule has 1 aliphatic heterocycles. The van der Waals surface area contributed by atoms with Gasteiger partial charge in [0, 0.05) is 6.08 Å². The Bertz CT molecular complexity index is 825. The van der Waals surface area contributed by atoms with Crippen molar-refractivity contribution in [2.45, 2.75) is 134 Å². The van der Waals surface area contributed by atoms with Gasteiger partial charge in [-0.1, -0.05) is 89.1 Å². The molecule has 0 aromatic heterocycles. The number of carbonyl (C=O) groups is 1. The molecule has 5 rings (SSSR count). The summed E-state index contributed by atoms with van der Waals surface area (Å²) in [4.78, 5) is 12.0. The van der Waals surface area contributed by atoms with E-state index in [4.69, 9.17) is 14.2 Å². The molecule has 0 spiro atoms. The van der Waals surface area contributed by atoms with E-state index in [1.54, 1.807) is 0 Å². The zero-order chi connectivity index (χ0) is 26.0. The Morgan fingerprint density at radius 3 is 2.19 bits per heavy atom. The van der Waals surface area contributed by atoms with Crippen molar-refractivity contribution in [1.29, 1.82) is 0 Å². The van der Waals surface area contributed by atoms with Crippen LogP contribution in [0.4, 0.5) is 0 Å². The van der Waals surface area contributed by atoms with Crippen LogP contribution >= 0.6 is 0 Å². The summed E-state index contributed by atoms with van der Waals surface area (Å²) in [6.07, 6.45) is 23.8. The monoisotopic (exact) mass is 510 g/mol. The highest BCUT2D eigenvalue weighted by atomic mass is 16.7. The van der Waals surface area contributed by atoms with Gasteiger partial charge in [-0.2, -0.15) is 0 Å². The third-order valence-corrected chi connectivity index (χ3v) is 9.45. The van der Waals surface area contributed by atoms with Gasteiger partial charge in [-0.3, -0.25) is 0 Å². The first-order chi connectivity index (χ1) is 18.1. The number of allylic oxidation sites excluding steroid dienone is 1. The zero-order valence-corrected chi connectivity index (χ0v) is 23.5. The molecule has 2 atom stereocenters. The Labute approximate surface area is 225 Å². The molecule has 1 saturated heterocycles. The summed E-state index contributed by atoms with van der Waals surface area (Å²) in [6.45, 7) is 5.15. The van der Waals surface area contributed by atoms with Gasteiger partial charge in [0.25, 0.3) is 0 Å². The van der Waals surface area contributed by atoms with E-state index in [0.717, 1.165) is 18.4 Å². The molecule has 1 heterocycles. The van der Waals surface area contributed by atoms with E-state index in [-0.39, 0.29) is 18.7 Å². The molecule has 4 nitrogen and oxygen atoms in total. The molecule has 4 aliphatic rings. The van der Waals surface area contributed by atoms with Gasteiger partial charge in [0.05, 0.1) is 6.61 Å². The summed E-state index contributed by atoms with van der Waals surface area (Å²) >= 11 is 0. The Hall–Kier alpha value is -1.65. The average molecular weight is 511 g/mol. The van der Waals surface area contributed by atoms with E-state index >= 15 is 0 Å². The van der Waals surface area contributed by atoms with Crippen LogP contribution in [0.5, 0.6) is 0 Å². The first kappa shape index (κ1) is 28.4. The van der Waals surface area contributed by atoms with Crippen molar-refractivity contribution in [2.75, 3.05) is 13.2 Å². The van der Waals surface area contributed by atoms with Crippen molar-refractivity contribution in [3.63, 3.8) is 0 Å². The van der Waals surface area contributed by atoms with Crippen molar-refractivity contribution in [3.05, 3.63) is 47.5 Å².